The van der Waals surface area contributed by atoms with Crippen LogP contribution >= 0.6 is 23.2 Å². The smallest absolute Gasteiger partial charge is 0.243 e. The Morgan fingerprint density at radius 3 is 2.25 bits per heavy atom. The van der Waals surface area contributed by atoms with E-state index in [1.807, 2.05) is 31.2 Å². The van der Waals surface area contributed by atoms with Crippen LogP contribution in [0.1, 0.15) is 5.56 Å². The minimum absolute atomic E-state index is 0.0946. The molecule has 104 valence electrons. The molecule has 2 aromatic carbocycles. The summed E-state index contributed by atoms with van der Waals surface area (Å²) >= 11 is 12.0. The van der Waals surface area contributed by atoms with Gasteiger partial charge in [0.2, 0.25) is 5.91 Å². The Hall–Kier alpha value is -1.71. The fourth-order valence-electron chi connectivity index (χ4n) is 1.68. The first-order valence-corrected chi connectivity index (χ1v) is 6.86. The molecule has 0 bridgehead atoms. The number of amides is 1. The van der Waals surface area contributed by atoms with Crippen LogP contribution < -0.4 is 10.6 Å². The molecule has 0 fully saturated rings. The number of nitrogens with one attached hydrogen (secondary N) is 2. The molecule has 3 nitrogen and oxygen atoms in total. The maximum absolute atomic E-state index is 11.8. The van der Waals surface area contributed by atoms with Gasteiger partial charge in [0.1, 0.15) is 0 Å². The van der Waals surface area contributed by atoms with E-state index in [1.165, 1.54) is 0 Å². The Labute approximate surface area is 127 Å². The number of para-hydroxylation sites is 1. The number of hydrogen-bond donors (Lipinski definition) is 2. The third-order valence-electron chi connectivity index (χ3n) is 2.72. The molecule has 0 radical (unpaired) electrons. The third kappa shape index (κ3) is 3.89. The van der Waals surface area contributed by atoms with E-state index in [2.05, 4.69) is 10.6 Å². The number of halogens is 2. The van der Waals surface area contributed by atoms with Crippen molar-refractivity contribution in [1.29, 1.82) is 0 Å². The number of aryl methyl sites for hydroxylation is 1. The monoisotopic (exact) mass is 308 g/mol. The van der Waals surface area contributed by atoms with Gasteiger partial charge < -0.3 is 10.6 Å². The summed E-state index contributed by atoms with van der Waals surface area (Å²) in [6, 6.07) is 12.8. The molecule has 2 N–H and O–H groups in total. The zero-order valence-electron chi connectivity index (χ0n) is 10.9. The van der Waals surface area contributed by atoms with Crippen molar-refractivity contribution in [2.24, 2.45) is 0 Å². The lowest BCUT2D eigenvalue weighted by atomic mass is 10.2. The van der Waals surface area contributed by atoms with Gasteiger partial charge in [-0.05, 0) is 31.2 Å². The molecule has 0 unspecified atom stereocenters. The van der Waals surface area contributed by atoms with Gasteiger partial charge in [-0.2, -0.15) is 0 Å². The summed E-state index contributed by atoms with van der Waals surface area (Å²) < 4.78 is 0. The lowest BCUT2D eigenvalue weighted by Crippen LogP contribution is -2.21. The number of carbonyl (C=O) groups is 1. The highest BCUT2D eigenvalue weighted by Gasteiger charge is 2.07. The first kappa shape index (κ1) is 14.7. The van der Waals surface area contributed by atoms with E-state index in [9.17, 15) is 4.79 Å². The molecule has 0 aliphatic heterocycles. The third-order valence-corrected chi connectivity index (χ3v) is 3.35. The van der Waals surface area contributed by atoms with Crippen LogP contribution in [0.5, 0.6) is 0 Å². The summed E-state index contributed by atoms with van der Waals surface area (Å²) in [5.41, 5.74) is 2.46. The Morgan fingerprint density at radius 2 is 1.65 bits per heavy atom. The lowest BCUT2D eigenvalue weighted by Gasteiger charge is -2.10. The van der Waals surface area contributed by atoms with Crippen molar-refractivity contribution in [1.82, 2.24) is 0 Å². The fraction of sp³-hybridized carbons (Fsp3) is 0.133. The molecule has 0 saturated carbocycles. The van der Waals surface area contributed by atoms with Crippen LogP contribution in [0, 0.1) is 6.92 Å². The van der Waals surface area contributed by atoms with Gasteiger partial charge >= 0.3 is 0 Å². The number of carbonyl (C=O) groups excluding carboxylic acids is 1. The zero-order valence-corrected chi connectivity index (χ0v) is 12.4. The number of anilines is 2. The topological polar surface area (TPSA) is 41.1 Å². The quantitative estimate of drug-likeness (QED) is 0.881. The van der Waals surface area contributed by atoms with Crippen molar-refractivity contribution in [3.8, 4) is 0 Å². The van der Waals surface area contributed by atoms with Gasteiger partial charge in [-0.1, -0.05) is 47.0 Å². The molecule has 1 amide bonds. The van der Waals surface area contributed by atoms with E-state index in [0.717, 1.165) is 11.3 Å². The van der Waals surface area contributed by atoms with Crippen molar-refractivity contribution in [3.63, 3.8) is 0 Å². The van der Waals surface area contributed by atoms with Crippen molar-refractivity contribution >= 4 is 40.5 Å². The first-order chi connectivity index (χ1) is 9.56. The molecular weight excluding hydrogens is 295 g/mol. The number of hydrogen-bond acceptors (Lipinski definition) is 2. The van der Waals surface area contributed by atoms with Crippen LogP contribution in [-0.4, -0.2) is 12.5 Å². The summed E-state index contributed by atoms with van der Waals surface area (Å²) in [4.78, 5) is 11.8. The average Bonchev–Trinajstić information content (AvgIpc) is 2.41. The summed E-state index contributed by atoms with van der Waals surface area (Å²) in [5.74, 6) is -0.162. The van der Waals surface area contributed by atoms with Gasteiger partial charge in [-0.25, -0.2) is 0 Å². The van der Waals surface area contributed by atoms with E-state index >= 15 is 0 Å². The molecule has 2 aromatic rings. The second-order valence-electron chi connectivity index (χ2n) is 4.36. The Kier molecular flexibility index (Phi) is 4.88. The van der Waals surface area contributed by atoms with E-state index in [0.29, 0.717) is 15.7 Å². The largest absolute Gasteiger partial charge is 0.374 e. The highest BCUT2D eigenvalue weighted by Crippen LogP contribution is 2.29. The summed E-state index contributed by atoms with van der Waals surface area (Å²) in [6.07, 6.45) is 0. The van der Waals surface area contributed by atoms with E-state index in [1.54, 1.807) is 18.2 Å². The molecule has 2 rings (SSSR count). The van der Waals surface area contributed by atoms with Crippen LogP contribution in [0.3, 0.4) is 0 Å². The van der Waals surface area contributed by atoms with Gasteiger partial charge in [-0.3, -0.25) is 4.79 Å². The van der Waals surface area contributed by atoms with Crippen LogP contribution in [0.2, 0.25) is 10.0 Å². The van der Waals surface area contributed by atoms with Crippen LogP contribution in [0.4, 0.5) is 11.4 Å². The first-order valence-electron chi connectivity index (χ1n) is 6.10. The molecular formula is C15H14Cl2N2O. The normalized spacial score (nSPS) is 10.2. The predicted molar refractivity (Wildman–Crippen MR) is 84.8 cm³/mol. The summed E-state index contributed by atoms with van der Waals surface area (Å²) in [5, 5.41) is 6.70. The summed E-state index contributed by atoms with van der Waals surface area (Å²) in [6.45, 7) is 2.09. The maximum atomic E-state index is 11.8. The molecule has 20 heavy (non-hydrogen) atoms. The fourth-order valence-corrected chi connectivity index (χ4v) is 2.21. The molecule has 0 heterocycles. The van der Waals surface area contributed by atoms with Gasteiger partial charge in [0.05, 0.1) is 22.3 Å². The molecule has 5 heteroatoms. The van der Waals surface area contributed by atoms with Crippen LogP contribution in [0.15, 0.2) is 42.5 Å². The van der Waals surface area contributed by atoms with Crippen LogP contribution in [0.25, 0.3) is 0 Å². The van der Waals surface area contributed by atoms with E-state index in [-0.39, 0.29) is 12.5 Å². The molecule has 0 saturated heterocycles. The Morgan fingerprint density at radius 1 is 1.05 bits per heavy atom. The van der Waals surface area contributed by atoms with Crippen molar-refractivity contribution < 1.29 is 4.79 Å². The maximum Gasteiger partial charge on any atom is 0.243 e. The van der Waals surface area contributed by atoms with Gasteiger partial charge in [0.25, 0.3) is 0 Å². The standard InChI is InChI=1S/C15H14Cl2N2O/c1-10-5-7-11(8-6-10)19-14(20)9-18-15-12(16)3-2-4-13(15)17/h2-8,18H,9H2,1H3,(H,19,20). The lowest BCUT2D eigenvalue weighted by molar-refractivity contribution is -0.114. The SMILES string of the molecule is Cc1ccc(NC(=O)CNc2c(Cl)cccc2Cl)cc1. The molecule has 0 aliphatic carbocycles. The minimum Gasteiger partial charge on any atom is -0.374 e. The second-order valence-corrected chi connectivity index (χ2v) is 5.18. The van der Waals surface area contributed by atoms with Crippen LogP contribution in [-0.2, 0) is 4.79 Å². The predicted octanol–water partition coefficient (Wildman–Crippen LogP) is 4.35. The van der Waals surface area contributed by atoms with Gasteiger partial charge in [0, 0.05) is 5.69 Å². The zero-order chi connectivity index (χ0) is 14.5. The average molecular weight is 309 g/mol. The molecule has 0 aliphatic rings. The van der Waals surface area contributed by atoms with Crippen molar-refractivity contribution in [3.05, 3.63) is 58.1 Å². The molecule has 0 aromatic heterocycles. The number of rotatable bonds is 4. The van der Waals surface area contributed by atoms with Crippen molar-refractivity contribution in [2.75, 3.05) is 17.2 Å². The highest BCUT2D eigenvalue weighted by atomic mass is 35.5. The van der Waals surface area contributed by atoms with Crippen molar-refractivity contribution in [2.45, 2.75) is 6.92 Å². The molecule has 0 atom stereocenters. The Balaban J connectivity index is 1.94. The van der Waals surface area contributed by atoms with Gasteiger partial charge in [-0.15, -0.1) is 0 Å². The van der Waals surface area contributed by atoms with E-state index < -0.39 is 0 Å². The summed E-state index contributed by atoms with van der Waals surface area (Å²) in [7, 11) is 0. The number of benzene rings is 2. The molecule has 0 spiro atoms. The van der Waals surface area contributed by atoms with E-state index in [4.69, 9.17) is 23.2 Å². The Bertz CT molecular complexity index is 592. The highest BCUT2D eigenvalue weighted by molar-refractivity contribution is 6.39. The second kappa shape index (κ2) is 6.64. The van der Waals surface area contributed by atoms with Gasteiger partial charge in [0.15, 0.2) is 0 Å². The minimum atomic E-state index is -0.162.